The third kappa shape index (κ3) is 1.39. The van der Waals surface area contributed by atoms with E-state index < -0.39 is 23.0 Å². The van der Waals surface area contributed by atoms with E-state index in [1.54, 1.807) is 0 Å². The average molecular weight is 214 g/mol. The van der Waals surface area contributed by atoms with Crippen molar-refractivity contribution in [1.29, 1.82) is 0 Å². The van der Waals surface area contributed by atoms with Crippen LogP contribution in [0.15, 0.2) is 11.3 Å². The van der Waals surface area contributed by atoms with Crippen molar-refractivity contribution in [2.24, 2.45) is 0 Å². The number of aliphatic hydroxyl groups is 2. The smallest absolute Gasteiger partial charge is 0.245 e. The minimum atomic E-state index is -2.27. The van der Waals surface area contributed by atoms with Gasteiger partial charge in [0.05, 0.1) is 5.57 Å². The number of hydrogen-bond acceptors (Lipinski definition) is 5. The molecule has 2 N–H and O–H groups in total. The predicted molar refractivity (Wildman–Crippen MR) is 50.7 cm³/mol. The Balaban J connectivity index is 3.42. The van der Waals surface area contributed by atoms with Crippen molar-refractivity contribution in [3.05, 3.63) is 11.3 Å². The van der Waals surface area contributed by atoms with Gasteiger partial charge in [-0.05, 0) is 20.8 Å². The van der Waals surface area contributed by atoms with Gasteiger partial charge in [0.2, 0.25) is 11.4 Å². The molecule has 84 valence electrons. The molecule has 0 aromatic rings. The van der Waals surface area contributed by atoms with E-state index >= 15 is 0 Å². The lowest BCUT2D eigenvalue weighted by Crippen LogP contribution is -2.56. The average Bonchev–Trinajstić information content (AvgIpc) is 2.18. The first-order valence-electron chi connectivity index (χ1n) is 4.51. The molecule has 0 unspecified atom stereocenters. The van der Waals surface area contributed by atoms with E-state index in [2.05, 4.69) is 0 Å². The van der Waals surface area contributed by atoms with Crippen LogP contribution in [0.4, 0.5) is 0 Å². The van der Waals surface area contributed by atoms with E-state index in [1.807, 2.05) is 0 Å². The van der Waals surface area contributed by atoms with Crippen molar-refractivity contribution in [2.45, 2.75) is 39.1 Å². The maximum Gasteiger partial charge on any atom is 0.245 e. The van der Waals surface area contributed by atoms with Gasteiger partial charge in [-0.1, -0.05) is 0 Å². The van der Waals surface area contributed by atoms with Crippen LogP contribution in [0.25, 0.3) is 0 Å². The Morgan fingerprint density at radius 1 is 1.27 bits per heavy atom. The topological polar surface area (TPSA) is 83.8 Å². The zero-order valence-electron chi connectivity index (χ0n) is 9.12. The summed E-state index contributed by atoms with van der Waals surface area (Å²) in [5.41, 5.74) is -2.46. The van der Waals surface area contributed by atoms with Crippen LogP contribution < -0.4 is 0 Å². The summed E-state index contributed by atoms with van der Waals surface area (Å²) in [7, 11) is 0. The van der Waals surface area contributed by atoms with Crippen molar-refractivity contribution in [1.82, 2.24) is 0 Å². The highest BCUT2D eigenvalue weighted by molar-refractivity contribution is 6.06. The molecule has 1 rings (SSSR count). The number of allylic oxidation sites excluding steroid dienone is 1. The van der Waals surface area contributed by atoms with Crippen LogP contribution >= 0.6 is 0 Å². The number of hydrogen-bond donors (Lipinski definition) is 2. The zero-order valence-corrected chi connectivity index (χ0v) is 9.12. The SMILES string of the molecule is CC(=O)C1=C(C)O[C@](C)(O)[C@]1(O)C(C)=O. The molecule has 0 aromatic carbocycles. The van der Waals surface area contributed by atoms with Gasteiger partial charge >= 0.3 is 0 Å². The first kappa shape index (κ1) is 11.9. The molecule has 0 aliphatic carbocycles. The molecule has 0 saturated carbocycles. The number of ketones is 2. The third-order valence-electron chi connectivity index (χ3n) is 2.60. The Hall–Kier alpha value is -1.20. The van der Waals surface area contributed by atoms with Gasteiger partial charge in [0.25, 0.3) is 0 Å². The number of carbonyl (C=O) groups excluding carboxylic acids is 2. The minimum absolute atomic E-state index is 0.0743. The van der Waals surface area contributed by atoms with Crippen LogP contribution in [0.1, 0.15) is 27.7 Å². The molecule has 0 spiro atoms. The lowest BCUT2D eigenvalue weighted by atomic mass is 9.82. The molecule has 0 bridgehead atoms. The molecule has 5 nitrogen and oxygen atoms in total. The first-order valence-corrected chi connectivity index (χ1v) is 4.51. The fourth-order valence-corrected chi connectivity index (χ4v) is 1.91. The standard InChI is InChI=1S/C10H14O5/c1-5(11)8-6(2)15-9(4,13)10(8,14)7(3)12/h13-14H,1-4H3/t9-,10-/m0/s1. The van der Waals surface area contributed by atoms with Crippen molar-refractivity contribution < 1.29 is 24.5 Å². The van der Waals surface area contributed by atoms with Crippen LogP contribution in [-0.4, -0.2) is 33.2 Å². The monoisotopic (exact) mass is 214 g/mol. The summed E-state index contributed by atoms with van der Waals surface area (Å²) in [5, 5.41) is 19.9. The summed E-state index contributed by atoms with van der Waals surface area (Å²) in [6.07, 6.45) is 0. The van der Waals surface area contributed by atoms with Crippen LogP contribution in [0.3, 0.4) is 0 Å². The van der Waals surface area contributed by atoms with Gasteiger partial charge in [0.1, 0.15) is 5.76 Å². The quantitative estimate of drug-likeness (QED) is 0.671. The molecule has 0 saturated heterocycles. The predicted octanol–water partition coefficient (Wildman–Crippen LogP) is -0.0918. The highest BCUT2D eigenvalue weighted by Gasteiger charge is 2.61. The minimum Gasteiger partial charge on any atom is -0.463 e. The van der Waals surface area contributed by atoms with Crippen molar-refractivity contribution in [3.8, 4) is 0 Å². The van der Waals surface area contributed by atoms with E-state index in [0.29, 0.717) is 0 Å². The lowest BCUT2D eigenvalue weighted by Gasteiger charge is -2.32. The number of ether oxygens (including phenoxy) is 1. The van der Waals surface area contributed by atoms with E-state index in [9.17, 15) is 19.8 Å². The molecule has 0 fully saturated rings. The molecular weight excluding hydrogens is 200 g/mol. The highest BCUT2D eigenvalue weighted by atomic mass is 16.6. The lowest BCUT2D eigenvalue weighted by molar-refractivity contribution is -0.230. The van der Waals surface area contributed by atoms with Crippen molar-refractivity contribution in [3.63, 3.8) is 0 Å². The number of Topliss-reactive ketones (excluding diaryl/α,β-unsaturated/α-hetero) is 2. The Morgan fingerprint density at radius 3 is 2.00 bits per heavy atom. The van der Waals surface area contributed by atoms with E-state index in [-0.39, 0.29) is 11.3 Å². The molecule has 1 aliphatic heterocycles. The Bertz CT molecular complexity index is 366. The zero-order chi connectivity index (χ0) is 12.0. The van der Waals surface area contributed by atoms with Gasteiger partial charge in [0.15, 0.2) is 11.6 Å². The van der Waals surface area contributed by atoms with Gasteiger partial charge in [-0.2, -0.15) is 0 Å². The second-order valence-corrected chi connectivity index (χ2v) is 3.84. The molecule has 15 heavy (non-hydrogen) atoms. The van der Waals surface area contributed by atoms with Gasteiger partial charge in [-0.3, -0.25) is 9.59 Å². The maximum atomic E-state index is 11.4. The maximum absolute atomic E-state index is 11.4. The van der Waals surface area contributed by atoms with E-state index in [4.69, 9.17) is 4.74 Å². The van der Waals surface area contributed by atoms with Gasteiger partial charge in [0, 0.05) is 6.92 Å². The third-order valence-corrected chi connectivity index (χ3v) is 2.60. The molecular formula is C10H14O5. The summed E-state index contributed by atoms with van der Waals surface area (Å²) in [4.78, 5) is 22.7. The summed E-state index contributed by atoms with van der Waals surface area (Å²) in [6, 6.07) is 0. The number of rotatable bonds is 2. The largest absolute Gasteiger partial charge is 0.463 e. The van der Waals surface area contributed by atoms with Crippen LogP contribution in [0.5, 0.6) is 0 Å². The molecule has 0 aromatic heterocycles. The molecule has 5 heteroatoms. The van der Waals surface area contributed by atoms with Crippen molar-refractivity contribution in [2.75, 3.05) is 0 Å². The molecule has 0 radical (unpaired) electrons. The Labute approximate surface area is 87.4 Å². The van der Waals surface area contributed by atoms with Gasteiger partial charge in [-0.15, -0.1) is 0 Å². The molecule has 2 atom stereocenters. The van der Waals surface area contributed by atoms with E-state index in [1.165, 1.54) is 13.8 Å². The van der Waals surface area contributed by atoms with Crippen molar-refractivity contribution >= 4 is 11.6 Å². The number of carbonyl (C=O) groups is 2. The molecule has 1 aliphatic rings. The van der Waals surface area contributed by atoms with E-state index in [0.717, 1.165) is 13.8 Å². The molecule has 0 amide bonds. The van der Waals surface area contributed by atoms with Crippen LogP contribution in [0, 0.1) is 0 Å². The summed E-state index contributed by atoms with van der Waals surface area (Å²) >= 11 is 0. The fraction of sp³-hybridized carbons (Fsp3) is 0.600. The highest BCUT2D eigenvalue weighted by Crippen LogP contribution is 2.42. The normalized spacial score (nSPS) is 35.3. The van der Waals surface area contributed by atoms with Crippen LogP contribution in [-0.2, 0) is 14.3 Å². The van der Waals surface area contributed by atoms with Gasteiger partial charge < -0.3 is 14.9 Å². The van der Waals surface area contributed by atoms with Gasteiger partial charge in [-0.25, -0.2) is 0 Å². The summed E-state index contributed by atoms with van der Waals surface area (Å²) in [5.74, 6) is -3.24. The fourth-order valence-electron chi connectivity index (χ4n) is 1.91. The second kappa shape index (κ2) is 3.15. The first-order chi connectivity index (χ1) is 6.64. The molecule has 1 heterocycles. The van der Waals surface area contributed by atoms with Crippen LogP contribution in [0.2, 0.25) is 0 Å². The summed E-state index contributed by atoms with van der Waals surface area (Å²) < 4.78 is 4.94. The Kier molecular flexibility index (Phi) is 2.49. The summed E-state index contributed by atoms with van der Waals surface area (Å²) in [6.45, 7) is 4.87. The second-order valence-electron chi connectivity index (χ2n) is 3.84. The Morgan fingerprint density at radius 2 is 1.73 bits per heavy atom.